The van der Waals surface area contributed by atoms with Crippen LogP contribution in [0.25, 0.3) is 186 Å². The van der Waals surface area contributed by atoms with Crippen molar-refractivity contribution in [3.8, 4) is 100 Å². The fraction of sp³-hybridized carbons (Fsp3) is 0. The van der Waals surface area contributed by atoms with Crippen LogP contribution < -0.4 is 0 Å². The highest BCUT2D eigenvalue weighted by Crippen LogP contribution is 2.49. The summed E-state index contributed by atoms with van der Waals surface area (Å²) < 4.78 is 0. The minimum Gasteiger partial charge on any atom is -0.0622 e. The minimum atomic E-state index is 1.21. The van der Waals surface area contributed by atoms with Gasteiger partial charge in [0, 0.05) is 0 Å². The van der Waals surface area contributed by atoms with Crippen molar-refractivity contribution in [2.45, 2.75) is 0 Å². The van der Waals surface area contributed by atoms with Gasteiger partial charge < -0.3 is 0 Å². The summed E-state index contributed by atoms with van der Waals surface area (Å²) in [5.74, 6) is 0. The summed E-state index contributed by atoms with van der Waals surface area (Å²) >= 11 is 0. The zero-order chi connectivity index (χ0) is 64.9. The van der Waals surface area contributed by atoms with Gasteiger partial charge in [0.25, 0.3) is 0 Å². The van der Waals surface area contributed by atoms with Gasteiger partial charge in [-0.05, 0) is 192 Å². The molecule has 19 aromatic carbocycles. The Labute approximate surface area is 570 Å². The Hall–Kier alpha value is -12.7. The minimum absolute atomic E-state index is 1.21. The van der Waals surface area contributed by atoms with Crippen LogP contribution in [-0.4, -0.2) is 0 Å². The standard InChI is InChI=1S/C58H38.C40H26/c1-3-15-39(16-4-1)41-27-31-43(32-28-41)55-47-19-7-11-23-51(47)57(52-24-12-8-20-48(52)55)45-35-37-46(38-36-45)58-53-25-13-9-21-49(53)56(50-22-10-14-26-54(50)58)44-33-29-42(30-34-44)40-17-5-2-6-18-40;1-2-12-31-26-32(25-20-27(31)10-1)40-37-17-7-5-15-35(37)39(36-16-6-8-18-38(36)40)30-23-21-29(22-24-30)34-19-9-13-28-11-3-4-14-33(28)34/h1-38H;1-26H. The molecule has 0 spiro atoms. The van der Waals surface area contributed by atoms with Crippen molar-refractivity contribution < 1.29 is 0 Å². The highest BCUT2D eigenvalue weighted by atomic mass is 14.2. The molecule has 0 saturated carbocycles. The lowest BCUT2D eigenvalue weighted by molar-refractivity contribution is 1.61. The smallest absolute Gasteiger partial charge is 0.00262 e. The van der Waals surface area contributed by atoms with Crippen LogP contribution in [0.4, 0.5) is 0 Å². The highest BCUT2D eigenvalue weighted by molar-refractivity contribution is 6.25. The molecular formula is C98H64. The first-order valence-electron chi connectivity index (χ1n) is 34.0. The van der Waals surface area contributed by atoms with E-state index in [1.807, 2.05) is 0 Å². The molecule has 0 radical (unpaired) electrons. The van der Waals surface area contributed by atoms with Gasteiger partial charge in [-0.15, -0.1) is 0 Å². The SMILES string of the molecule is c1ccc(-c2ccc(-c3c4ccccc4c(-c4ccc(-c5c6ccccc6c(-c6ccc(-c7ccccc7)cc6)c6ccccc56)cc4)c4ccccc34)cc2)cc1.c1ccc2cc(-c3c4ccccc4c(-c4ccc(-c5cccc6ccccc56)cc4)c4ccccc34)ccc2c1. The monoisotopic (exact) mass is 1240 g/mol. The van der Waals surface area contributed by atoms with Gasteiger partial charge in [0.2, 0.25) is 0 Å². The Morgan fingerprint density at radius 3 is 0.643 bits per heavy atom. The Morgan fingerprint density at radius 1 is 0.102 bits per heavy atom. The lowest BCUT2D eigenvalue weighted by Gasteiger charge is -2.19. The quantitative estimate of drug-likeness (QED) is 0.126. The molecule has 0 aromatic heterocycles. The normalized spacial score (nSPS) is 11.5. The summed E-state index contributed by atoms with van der Waals surface area (Å²) in [6.45, 7) is 0. The average Bonchev–Trinajstić information content (AvgIpc) is 0.745. The molecule has 0 aliphatic rings. The van der Waals surface area contributed by atoms with Crippen LogP contribution in [0.15, 0.2) is 388 Å². The van der Waals surface area contributed by atoms with Crippen LogP contribution >= 0.6 is 0 Å². The highest BCUT2D eigenvalue weighted by Gasteiger charge is 2.22. The van der Waals surface area contributed by atoms with Crippen LogP contribution in [0.5, 0.6) is 0 Å². The summed E-state index contributed by atoms with van der Waals surface area (Å²) in [5.41, 5.74) is 22.5. The zero-order valence-corrected chi connectivity index (χ0v) is 54.0. The maximum atomic E-state index is 2.34. The molecule has 0 aliphatic carbocycles. The first-order valence-corrected chi connectivity index (χ1v) is 34.0. The topological polar surface area (TPSA) is 0 Å². The molecule has 0 bridgehead atoms. The van der Waals surface area contributed by atoms with E-state index in [1.165, 1.54) is 186 Å². The second-order valence-electron chi connectivity index (χ2n) is 25.7. The largest absolute Gasteiger partial charge is 0.0622 e. The Morgan fingerprint density at radius 2 is 0.316 bits per heavy atom. The third kappa shape index (κ3) is 10.3. The van der Waals surface area contributed by atoms with Crippen LogP contribution in [0.1, 0.15) is 0 Å². The van der Waals surface area contributed by atoms with Crippen molar-refractivity contribution >= 4 is 86.2 Å². The van der Waals surface area contributed by atoms with Gasteiger partial charge >= 0.3 is 0 Å². The molecule has 0 heteroatoms. The van der Waals surface area contributed by atoms with Crippen molar-refractivity contribution in [3.05, 3.63) is 388 Å². The molecule has 0 fully saturated rings. The predicted molar refractivity (Wildman–Crippen MR) is 422 cm³/mol. The molecule has 0 N–H and O–H groups in total. The summed E-state index contributed by atoms with van der Waals surface area (Å²) in [5, 5.41) is 20.3. The summed E-state index contributed by atoms with van der Waals surface area (Å²) in [7, 11) is 0. The van der Waals surface area contributed by atoms with E-state index in [0.29, 0.717) is 0 Å². The van der Waals surface area contributed by atoms with E-state index in [2.05, 4.69) is 388 Å². The third-order valence-electron chi connectivity index (χ3n) is 20.1. The summed E-state index contributed by atoms with van der Waals surface area (Å²) in [6, 6.07) is 142. The number of hydrogen-bond donors (Lipinski definition) is 0. The second kappa shape index (κ2) is 24.9. The second-order valence-corrected chi connectivity index (χ2v) is 25.7. The molecule has 0 amide bonds. The van der Waals surface area contributed by atoms with Gasteiger partial charge in [0.15, 0.2) is 0 Å². The maximum Gasteiger partial charge on any atom is -0.00262 e. The van der Waals surface area contributed by atoms with Gasteiger partial charge in [-0.3, -0.25) is 0 Å². The molecule has 19 rings (SSSR count). The molecule has 0 unspecified atom stereocenters. The molecule has 0 nitrogen and oxygen atoms in total. The first kappa shape index (κ1) is 57.9. The van der Waals surface area contributed by atoms with Gasteiger partial charge in [-0.2, -0.15) is 0 Å². The van der Waals surface area contributed by atoms with Crippen molar-refractivity contribution in [1.82, 2.24) is 0 Å². The lowest BCUT2D eigenvalue weighted by Crippen LogP contribution is -1.92. The number of rotatable bonds is 9. The van der Waals surface area contributed by atoms with Crippen LogP contribution in [0.2, 0.25) is 0 Å². The van der Waals surface area contributed by atoms with Crippen molar-refractivity contribution in [3.63, 3.8) is 0 Å². The number of hydrogen-bond acceptors (Lipinski definition) is 0. The molecule has 456 valence electrons. The van der Waals surface area contributed by atoms with Gasteiger partial charge in [-0.25, -0.2) is 0 Å². The molecule has 0 aliphatic heterocycles. The van der Waals surface area contributed by atoms with E-state index >= 15 is 0 Å². The molecular weight excluding hydrogens is 1180 g/mol. The molecule has 0 saturated heterocycles. The van der Waals surface area contributed by atoms with E-state index in [4.69, 9.17) is 0 Å². The van der Waals surface area contributed by atoms with E-state index in [-0.39, 0.29) is 0 Å². The van der Waals surface area contributed by atoms with E-state index in [0.717, 1.165) is 0 Å². The van der Waals surface area contributed by atoms with E-state index in [1.54, 1.807) is 0 Å². The van der Waals surface area contributed by atoms with E-state index < -0.39 is 0 Å². The first-order chi connectivity index (χ1) is 48.6. The van der Waals surface area contributed by atoms with Crippen LogP contribution in [0, 0.1) is 0 Å². The Bertz CT molecular complexity index is 5820. The fourth-order valence-corrected chi connectivity index (χ4v) is 15.6. The molecule has 98 heavy (non-hydrogen) atoms. The molecule has 0 atom stereocenters. The van der Waals surface area contributed by atoms with Gasteiger partial charge in [0.1, 0.15) is 0 Å². The average molecular weight is 1240 g/mol. The van der Waals surface area contributed by atoms with Crippen molar-refractivity contribution in [1.29, 1.82) is 0 Å². The number of fused-ring (bicyclic) bond motifs is 8. The Kier molecular flexibility index (Phi) is 14.7. The van der Waals surface area contributed by atoms with E-state index in [9.17, 15) is 0 Å². The van der Waals surface area contributed by atoms with Gasteiger partial charge in [0.05, 0.1) is 0 Å². The summed E-state index contributed by atoms with van der Waals surface area (Å²) in [4.78, 5) is 0. The van der Waals surface area contributed by atoms with Crippen molar-refractivity contribution in [2.75, 3.05) is 0 Å². The third-order valence-corrected chi connectivity index (χ3v) is 20.1. The van der Waals surface area contributed by atoms with Crippen molar-refractivity contribution in [2.24, 2.45) is 0 Å². The van der Waals surface area contributed by atoms with Crippen LogP contribution in [-0.2, 0) is 0 Å². The zero-order valence-electron chi connectivity index (χ0n) is 54.0. The van der Waals surface area contributed by atoms with Crippen LogP contribution in [0.3, 0.4) is 0 Å². The molecule has 19 aromatic rings. The lowest BCUT2D eigenvalue weighted by atomic mass is 9.84. The Balaban J connectivity index is 0.000000152. The summed E-state index contributed by atoms with van der Waals surface area (Å²) in [6.07, 6.45) is 0. The molecule has 0 heterocycles. The van der Waals surface area contributed by atoms with Gasteiger partial charge in [-0.1, -0.05) is 382 Å². The fourth-order valence-electron chi connectivity index (χ4n) is 15.6. The maximum absolute atomic E-state index is 2.34. The predicted octanol–water partition coefficient (Wildman–Crippen LogP) is 27.6. The number of benzene rings is 19.